The lowest BCUT2D eigenvalue weighted by Crippen LogP contribution is -2.22. The number of carbonyl (C=O) groups excluding carboxylic acids is 3. The molecule has 0 spiro atoms. The Morgan fingerprint density at radius 3 is 2.14 bits per heavy atom. The van der Waals surface area contributed by atoms with Crippen LogP contribution in [0.15, 0.2) is 72.8 Å². The highest BCUT2D eigenvalue weighted by molar-refractivity contribution is 6.14. The van der Waals surface area contributed by atoms with E-state index in [-0.39, 0.29) is 16.9 Å². The van der Waals surface area contributed by atoms with Gasteiger partial charge in [-0.15, -0.1) is 0 Å². The molecule has 146 valence electrons. The van der Waals surface area contributed by atoms with Gasteiger partial charge in [-0.25, -0.2) is 9.18 Å². The van der Waals surface area contributed by atoms with Gasteiger partial charge in [0, 0.05) is 16.8 Å². The first kappa shape index (κ1) is 19.9. The van der Waals surface area contributed by atoms with E-state index in [9.17, 15) is 18.8 Å². The fraction of sp³-hybridized carbons (Fsp3) is 0.0870. The van der Waals surface area contributed by atoms with Crippen molar-refractivity contribution in [2.45, 2.75) is 6.92 Å². The number of halogens is 1. The maximum Gasteiger partial charge on any atom is 0.339 e. The third kappa shape index (κ3) is 5.13. The minimum atomic E-state index is -0.782. The van der Waals surface area contributed by atoms with E-state index in [1.807, 2.05) is 19.1 Å². The summed E-state index contributed by atoms with van der Waals surface area (Å²) in [5, 5.41) is 2.49. The van der Waals surface area contributed by atoms with Crippen molar-refractivity contribution in [3.8, 4) is 0 Å². The van der Waals surface area contributed by atoms with Gasteiger partial charge in [-0.2, -0.15) is 0 Å². The molecule has 0 radical (unpaired) electrons. The Morgan fingerprint density at radius 2 is 1.48 bits per heavy atom. The molecule has 0 saturated carbocycles. The SMILES string of the molecule is Cc1ccc(C(=O)c2ccccc2C(=O)OCC(=O)Nc2ccc(F)cc2)cc1. The molecule has 0 atom stereocenters. The quantitative estimate of drug-likeness (QED) is 0.506. The molecule has 0 aliphatic carbocycles. The van der Waals surface area contributed by atoms with Crippen LogP contribution in [0.1, 0.15) is 31.8 Å². The van der Waals surface area contributed by atoms with Crippen LogP contribution in [0.2, 0.25) is 0 Å². The van der Waals surface area contributed by atoms with Gasteiger partial charge in [-0.3, -0.25) is 9.59 Å². The normalized spacial score (nSPS) is 10.3. The monoisotopic (exact) mass is 391 g/mol. The number of aryl methyl sites for hydroxylation is 1. The Kier molecular flexibility index (Phi) is 6.14. The molecule has 5 nitrogen and oxygen atoms in total. The summed E-state index contributed by atoms with van der Waals surface area (Å²) in [6.07, 6.45) is 0. The van der Waals surface area contributed by atoms with Gasteiger partial charge in [-0.1, -0.05) is 48.0 Å². The molecular weight excluding hydrogens is 373 g/mol. The van der Waals surface area contributed by atoms with E-state index in [2.05, 4.69) is 5.32 Å². The molecule has 0 bridgehead atoms. The second kappa shape index (κ2) is 8.93. The standard InChI is InChI=1S/C23H18FNO4/c1-15-6-8-16(9-7-15)22(27)19-4-2-3-5-20(19)23(28)29-14-21(26)25-18-12-10-17(24)11-13-18/h2-13H,14H2,1H3,(H,25,26). The smallest absolute Gasteiger partial charge is 0.339 e. The number of carbonyl (C=O) groups is 3. The van der Waals surface area contributed by atoms with E-state index < -0.39 is 24.3 Å². The van der Waals surface area contributed by atoms with E-state index in [1.54, 1.807) is 24.3 Å². The Balaban J connectivity index is 1.68. The summed E-state index contributed by atoms with van der Waals surface area (Å²) in [5.41, 5.74) is 2.11. The molecular formula is C23H18FNO4. The summed E-state index contributed by atoms with van der Waals surface area (Å²) in [6.45, 7) is 1.37. The van der Waals surface area contributed by atoms with Crippen LogP contribution in [0.5, 0.6) is 0 Å². The highest BCUT2D eigenvalue weighted by Crippen LogP contribution is 2.17. The maximum absolute atomic E-state index is 12.9. The Labute approximate surface area is 167 Å². The number of ketones is 1. The van der Waals surface area contributed by atoms with Crippen LogP contribution in [-0.2, 0) is 9.53 Å². The average molecular weight is 391 g/mol. The summed E-state index contributed by atoms with van der Waals surface area (Å²) >= 11 is 0. The predicted molar refractivity (Wildman–Crippen MR) is 106 cm³/mol. The molecule has 0 fully saturated rings. The minimum absolute atomic E-state index is 0.0765. The van der Waals surface area contributed by atoms with Gasteiger partial charge < -0.3 is 10.1 Å². The number of esters is 1. The van der Waals surface area contributed by atoms with Crippen molar-refractivity contribution < 1.29 is 23.5 Å². The number of benzene rings is 3. The second-order valence-corrected chi connectivity index (χ2v) is 6.37. The highest BCUT2D eigenvalue weighted by atomic mass is 19.1. The summed E-state index contributed by atoms with van der Waals surface area (Å²) in [7, 11) is 0. The zero-order valence-corrected chi connectivity index (χ0v) is 15.6. The lowest BCUT2D eigenvalue weighted by molar-refractivity contribution is -0.119. The Hall–Kier alpha value is -3.80. The predicted octanol–water partition coefficient (Wildman–Crippen LogP) is 4.16. The molecule has 3 aromatic carbocycles. The number of ether oxygens (including phenoxy) is 1. The van der Waals surface area contributed by atoms with Crippen LogP contribution in [-0.4, -0.2) is 24.3 Å². The van der Waals surface area contributed by atoms with Gasteiger partial charge in [-0.05, 0) is 37.3 Å². The van der Waals surface area contributed by atoms with Crippen molar-refractivity contribution >= 4 is 23.3 Å². The molecule has 29 heavy (non-hydrogen) atoms. The van der Waals surface area contributed by atoms with Gasteiger partial charge in [0.1, 0.15) is 5.82 Å². The van der Waals surface area contributed by atoms with Gasteiger partial charge in [0.25, 0.3) is 5.91 Å². The van der Waals surface area contributed by atoms with Crippen LogP contribution >= 0.6 is 0 Å². The lowest BCUT2D eigenvalue weighted by Gasteiger charge is -2.10. The highest BCUT2D eigenvalue weighted by Gasteiger charge is 2.20. The van der Waals surface area contributed by atoms with Gasteiger partial charge >= 0.3 is 5.97 Å². The molecule has 0 unspecified atom stereocenters. The first-order chi connectivity index (χ1) is 13.9. The van der Waals surface area contributed by atoms with Crippen LogP contribution in [0.25, 0.3) is 0 Å². The Morgan fingerprint density at radius 1 is 0.862 bits per heavy atom. The number of hydrogen-bond acceptors (Lipinski definition) is 4. The molecule has 0 heterocycles. The maximum atomic E-state index is 12.9. The minimum Gasteiger partial charge on any atom is -0.452 e. The summed E-state index contributed by atoms with van der Waals surface area (Å²) in [6, 6.07) is 18.5. The van der Waals surface area contributed by atoms with Gasteiger partial charge in [0.2, 0.25) is 0 Å². The molecule has 0 aliphatic heterocycles. The van der Waals surface area contributed by atoms with Crippen molar-refractivity contribution in [3.05, 3.63) is 101 Å². The van der Waals surface area contributed by atoms with E-state index in [4.69, 9.17) is 4.74 Å². The average Bonchev–Trinajstić information content (AvgIpc) is 2.74. The van der Waals surface area contributed by atoms with Crippen LogP contribution in [0.3, 0.4) is 0 Å². The lowest BCUT2D eigenvalue weighted by atomic mass is 9.98. The second-order valence-electron chi connectivity index (χ2n) is 6.37. The molecule has 6 heteroatoms. The molecule has 0 saturated heterocycles. The molecule has 1 N–H and O–H groups in total. The van der Waals surface area contributed by atoms with E-state index in [0.717, 1.165) is 5.56 Å². The number of amides is 1. The number of anilines is 1. The summed E-state index contributed by atoms with van der Waals surface area (Å²) in [4.78, 5) is 37.2. The number of hydrogen-bond donors (Lipinski definition) is 1. The first-order valence-electron chi connectivity index (χ1n) is 8.87. The molecule has 3 rings (SSSR count). The largest absolute Gasteiger partial charge is 0.452 e. The third-order valence-electron chi connectivity index (χ3n) is 4.17. The fourth-order valence-corrected chi connectivity index (χ4v) is 2.66. The van der Waals surface area contributed by atoms with Crippen molar-refractivity contribution in [2.24, 2.45) is 0 Å². The molecule has 0 aromatic heterocycles. The van der Waals surface area contributed by atoms with E-state index >= 15 is 0 Å². The third-order valence-corrected chi connectivity index (χ3v) is 4.17. The number of nitrogens with one attached hydrogen (secondary N) is 1. The van der Waals surface area contributed by atoms with Crippen LogP contribution in [0.4, 0.5) is 10.1 Å². The molecule has 1 amide bonds. The fourth-order valence-electron chi connectivity index (χ4n) is 2.66. The van der Waals surface area contributed by atoms with Crippen molar-refractivity contribution in [2.75, 3.05) is 11.9 Å². The van der Waals surface area contributed by atoms with Crippen molar-refractivity contribution in [1.29, 1.82) is 0 Å². The topological polar surface area (TPSA) is 72.5 Å². The van der Waals surface area contributed by atoms with E-state index in [1.165, 1.54) is 36.4 Å². The molecule has 0 aliphatic rings. The zero-order valence-electron chi connectivity index (χ0n) is 15.6. The van der Waals surface area contributed by atoms with Crippen molar-refractivity contribution in [3.63, 3.8) is 0 Å². The Bertz CT molecular complexity index is 1040. The van der Waals surface area contributed by atoms with E-state index in [0.29, 0.717) is 11.3 Å². The first-order valence-corrected chi connectivity index (χ1v) is 8.87. The summed E-state index contributed by atoms with van der Waals surface area (Å²) in [5.74, 6) is -2.10. The zero-order chi connectivity index (χ0) is 20.8. The van der Waals surface area contributed by atoms with Crippen molar-refractivity contribution in [1.82, 2.24) is 0 Å². The number of rotatable bonds is 6. The molecule has 3 aromatic rings. The summed E-state index contributed by atoms with van der Waals surface area (Å²) < 4.78 is 18.0. The van der Waals surface area contributed by atoms with Gasteiger partial charge in [0.05, 0.1) is 5.56 Å². The van der Waals surface area contributed by atoms with Crippen LogP contribution in [0, 0.1) is 12.7 Å². The van der Waals surface area contributed by atoms with Gasteiger partial charge in [0.15, 0.2) is 12.4 Å². The van der Waals surface area contributed by atoms with Crippen LogP contribution < -0.4 is 5.32 Å².